The summed E-state index contributed by atoms with van der Waals surface area (Å²) in [6.07, 6.45) is 0.746. The molecule has 2 aromatic carbocycles. The molecule has 2 rings (SSSR count). The standard InChI is InChI=1S/C18H22N2O.ClH/c1-18(2,19)13-20-17(21)16-11-7-6-10-15(16)12-14-8-4-3-5-9-14;/h3-11H,12-13,19H2,1-2H3,(H,20,21);1H. The average Bonchev–Trinajstić information content (AvgIpc) is 2.46. The molecule has 0 spiro atoms. The van der Waals surface area contributed by atoms with Crippen LogP contribution in [0.4, 0.5) is 0 Å². The Kier molecular flexibility index (Phi) is 6.60. The molecule has 0 aliphatic carbocycles. The fraction of sp³-hybridized carbons (Fsp3) is 0.278. The molecule has 0 aliphatic heterocycles. The molecule has 0 saturated heterocycles. The van der Waals surface area contributed by atoms with E-state index in [2.05, 4.69) is 17.4 Å². The molecule has 4 heteroatoms. The Bertz CT molecular complexity index is 606. The molecule has 0 atom stereocenters. The van der Waals surface area contributed by atoms with E-state index in [1.54, 1.807) is 0 Å². The lowest BCUT2D eigenvalue weighted by atomic mass is 9.99. The number of rotatable bonds is 5. The Hall–Kier alpha value is -1.84. The Balaban J connectivity index is 0.00000242. The number of halogens is 1. The van der Waals surface area contributed by atoms with Gasteiger partial charge in [-0.05, 0) is 37.5 Å². The van der Waals surface area contributed by atoms with Crippen molar-refractivity contribution in [2.45, 2.75) is 25.8 Å². The molecular formula is C18H23ClN2O. The van der Waals surface area contributed by atoms with Gasteiger partial charge in [-0.25, -0.2) is 0 Å². The van der Waals surface area contributed by atoms with Crippen molar-refractivity contribution in [1.82, 2.24) is 5.32 Å². The highest BCUT2D eigenvalue weighted by Crippen LogP contribution is 2.14. The van der Waals surface area contributed by atoms with Crippen LogP contribution in [-0.2, 0) is 6.42 Å². The third-order valence-electron chi connectivity index (χ3n) is 3.20. The van der Waals surface area contributed by atoms with Crippen LogP contribution in [0, 0.1) is 0 Å². The molecule has 0 aliphatic rings. The summed E-state index contributed by atoms with van der Waals surface area (Å²) in [5.74, 6) is -0.0694. The van der Waals surface area contributed by atoms with Gasteiger partial charge in [0.2, 0.25) is 0 Å². The number of carbonyl (C=O) groups excluding carboxylic acids is 1. The van der Waals surface area contributed by atoms with Crippen molar-refractivity contribution in [2.75, 3.05) is 6.54 Å². The third kappa shape index (κ3) is 5.51. The average molecular weight is 319 g/mol. The van der Waals surface area contributed by atoms with E-state index in [1.165, 1.54) is 5.56 Å². The molecule has 0 fully saturated rings. The first-order chi connectivity index (χ1) is 9.96. The lowest BCUT2D eigenvalue weighted by molar-refractivity contribution is 0.0945. The molecular weight excluding hydrogens is 296 g/mol. The van der Waals surface area contributed by atoms with Crippen molar-refractivity contribution in [3.8, 4) is 0 Å². The van der Waals surface area contributed by atoms with E-state index in [9.17, 15) is 4.79 Å². The van der Waals surface area contributed by atoms with Gasteiger partial charge in [-0.2, -0.15) is 0 Å². The Labute approximate surface area is 138 Å². The topological polar surface area (TPSA) is 55.1 Å². The van der Waals surface area contributed by atoms with Crippen LogP contribution >= 0.6 is 12.4 Å². The van der Waals surface area contributed by atoms with Crippen molar-refractivity contribution in [3.63, 3.8) is 0 Å². The van der Waals surface area contributed by atoms with E-state index in [4.69, 9.17) is 5.73 Å². The Morgan fingerprint density at radius 3 is 2.27 bits per heavy atom. The van der Waals surface area contributed by atoms with Gasteiger partial charge < -0.3 is 11.1 Å². The van der Waals surface area contributed by atoms with Crippen molar-refractivity contribution in [1.29, 1.82) is 0 Å². The highest BCUT2D eigenvalue weighted by molar-refractivity contribution is 5.95. The van der Waals surface area contributed by atoms with Crippen LogP contribution in [0.25, 0.3) is 0 Å². The number of benzene rings is 2. The number of amides is 1. The zero-order chi connectivity index (χ0) is 15.3. The SMILES string of the molecule is CC(C)(N)CNC(=O)c1ccccc1Cc1ccccc1.Cl. The number of hydrogen-bond acceptors (Lipinski definition) is 2. The van der Waals surface area contributed by atoms with Crippen molar-refractivity contribution in [2.24, 2.45) is 5.73 Å². The number of nitrogens with two attached hydrogens (primary N) is 1. The highest BCUT2D eigenvalue weighted by Gasteiger charge is 2.15. The van der Waals surface area contributed by atoms with E-state index < -0.39 is 5.54 Å². The molecule has 3 nitrogen and oxygen atoms in total. The zero-order valence-electron chi connectivity index (χ0n) is 13.0. The summed E-state index contributed by atoms with van der Waals surface area (Å²) in [6, 6.07) is 17.8. The molecule has 0 radical (unpaired) electrons. The first-order valence-electron chi connectivity index (χ1n) is 7.15. The normalized spacial score (nSPS) is 10.7. The summed E-state index contributed by atoms with van der Waals surface area (Å²) in [7, 11) is 0. The number of carbonyl (C=O) groups is 1. The molecule has 0 aromatic heterocycles. The van der Waals surface area contributed by atoms with E-state index in [0.29, 0.717) is 12.1 Å². The number of nitrogens with one attached hydrogen (secondary N) is 1. The molecule has 3 N–H and O–H groups in total. The zero-order valence-corrected chi connectivity index (χ0v) is 13.8. The number of hydrogen-bond donors (Lipinski definition) is 2. The fourth-order valence-electron chi connectivity index (χ4n) is 2.12. The second kappa shape index (κ2) is 7.97. The van der Waals surface area contributed by atoms with Gasteiger partial charge in [-0.1, -0.05) is 48.5 Å². The molecule has 0 unspecified atom stereocenters. The summed E-state index contributed by atoms with van der Waals surface area (Å²) in [5, 5.41) is 2.90. The highest BCUT2D eigenvalue weighted by atomic mass is 35.5. The van der Waals surface area contributed by atoms with Gasteiger partial charge in [0, 0.05) is 17.6 Å². The fourth-order valence-corrected chi connectivity index (χ4v) is 2.12. The van der Waals surface area contributed by atoms with E-state index in [1.807, 2.05) is 56.3 Å². The third-order valence-corrected chi connectivity index (χ3v) is 3.20. The Morgan fingerprint density at radius 2 is 1.64 bits per heavy atom. The molecule has 118 valence electrons. The summed E-state index contributed by atoms with van der Waals surface area (Å²) in [4.78, 5) is 12.3. The largest absolute Gasteiger partial charge is 0.350 e. The molecule has 0 heterocycles. The quantitative estimate of drug-likeness (QED) is 0.889. The summed E-state index contributed by atoms with van der Waals surface area (Å²) < 4.78 is 0. The van der Waals surface area contributed by atoms with Gasteiger partial charge in [0.05, 0.1) is 0 Å². The molecule has 1 amide bonds. The Morgan fingerprint density at radius 1 is 1.05 bits per heavy atom. The van der Waals surface area contributed by atoms with Crippen molar-refractivity contribution < 1.29 is 4.79 Å². The molecule has 0 bridgehead atoms. The first kappa shape index (κ1) is 18.2. The maximum atomic E-state index is 12.3. The predicted molar refractivity (Wildman–Crippen MR) is 93.5 cm³/mol. The van der Waals surface area contributed by atoms with Gasteiger partial charge in [0.15, 0.2) is 0 Å². The minimum Gasteiger partial charge on any atom is -0.350 e. The summed E-state index contributed by atoms with van der Waals surface area (Å²) >= 11 is 0. The van der Waals surface area contributed by atoms with Crippen LogP contribution in [-0.4, -0.2) is 18.0 Å². The van der Waals surface area contributed by atoms with Crippen molar-refractivity contribution >= 4 is 18.3 Å². The predicted octanol–water partition coefficient (Wildman–Crippen LogP) is 3.17. The van der Waals surface area contributed by atoms with Gasteiger partial charge in [0.25, 0.3) is 5.91 Å². The molecule has 0 saturated carbocycles. The second-order valence-corrected chi connectivity index (χ2v) is 5.99. The molecule has 22 heavy (non-hydrogen) atoms. The van der Waals surface area contributed by atoms with Crippen molar-refractivity contribution in [3.05, 3.63) is 71.3 Å². The molecule has 2 aromatic rings. The van der Waals surface area contributed by atoms with Crippen LogP contribution in [0.5, 0.6) is 0 Å². The monoisotopic (exact) mass is 318 g/mol. The van der Waals surface area contributed by atoms with Crippen LogP contribution < -0.4 is 11.1 Å². The van der Waals surface area contributed by atoms with Gasteiger partial charge in [-0.3, -0.25) is 4.79 Å². The lowest BCUT2D eigenvalue weighted by Crippen LogP contribution is -2.45. The van der Waals surface area contributed by atoms with E-state index in [0.717, 1.165) is 12.0 Å². The van der Waals surface area contributed by atoms with E-state index in [-0.39, 0.29) is 18.3 Å². The minimum atomic E-state index is -0.413. The van der Waals surface area contributed by atoms with Gasteiger partial charge in [0.1, 0.15) is 0 Å². The van der Waals surface area contributed by atoms with Crippen LogP contribution in [0.15, 0.2) is 54.6 Å². The summed E-state index contributed by atoms with van der Waals surface area (Å²) in [6.45, 7) is 4.23. The maximum Gasteiger partial charge on any atom is 0.251 e. The second-order valence-electron chi connectivity index (χ2n) is 5.99. The van der Waals surface area contributed by atoms with Gasteiger partial charge >= 0.3 is 0 Å². The minimum absolute atomic E-state index is 0. The first-order valence-corrected chi connectivity index (χ1v) is 7.15. The maximum absolute atomic E-state index is 12.3. The van der Waals surface area contributed by atoms with Crippen LogP contribution in [0.2, 0.25) is 0 Å². The van der Waals surface area contributed by atoms with Crippen LogP contribution in [0.1, 0.15) is 35.3 Å². The van der Waals surface area contributed by atoms with E-state index >= 15 is 0 Å². The lowest BCUT2D eigenvalue weighted by Gasteiger charge is -2.19. The smallest absolute Gasteiger partial charge is 0.251 e. The van der Waals surface area contributed by atoms with Crippen LogP contribution in [0.3, 0.4) is 0 Å². The summed E-state index contributed by atoms with van der Waals surface area (Å²) in [5.41, 5.74) is 8.43. The van der Waals surface area contributed by atoms with Gasteiger partial charge in [-0.15, -0.1) is 12.4 Å².